The van der Waals surface area contributed by atoms with Crippen molar-refractivity contribution in [2.45, 2.75) is 13.0 Å². The molecule has 1 aromatic carbocycles. The number of carbonyl (C=O) groups excluding carboxylic acids is 2. The van der Waals surface area contributed by atoms with Crippen molar-refractivity contribution >= 4 is 29.2 Å². The van der Waals surface area contributed by atoms with E-state index in [4.69, 9.17) is 16.3 Å². The monoisotopic (exact) mass is 340 g/mol. The average Bonchev–Trinajstić information content (AvgIpc) is 2.49. The molecule has 2 aromatic rings. The highest BCUT2D eigenvalue weighted by molar-refractivity contribution is 6.30. The van der Waals surface area contributed by atoms with Gasteiger partial charge in [0, 0.05) is 17.3 Å². The molecular formula is C15H11ClF2N2O3. The van der Waals surface area contributed by atoms with Gasteiger partial charge in [0.15, 0.2) is 6.10 Å². The molecule has 0 aliphatic carbocycles. The summed E-state index contributed by atoms with van der Waals surface area (Å²) < 4.78 is 31.2. The summed E-state index contributed by atoms with van der Waals surface area (Å²) >= 11 is 5.73. The number of nitrogens with one attached hydrogen (secondary N) is 1. The fourth-order valence-electron chi connectivity index (χ4n) is 1.62. The van der Waals surface area contributed by atoms with Gasteiger partial charge in [-0.3, -0.25) is 4.79 Å². The molecule has 5 nitrogen and oxygen atoms in total. The number of ether oxygens (including phenoxy) is 1. The maximum absolute atomic E-state index is 13.5. The lowest BCUT2D eigenvalue weighted by atomic mass is 10.2. The first-order chi connectivity index (χ1) is 10.9. The Balaban J connectivity index is 2.01. The largest absolute Gasteiger partial charge is 0.448 e. The number of amides is 1. The molecule has 1 amide bonds. The van der Waals surface area contributed by atoms with Gasteiger partial charge in [-0.15, -0.1) is 0 Å². The summed E-state index contributed by atoms with van der Waals surface area (Å²) in [5, 5.41) is 2.49. The number of esters is 1. The zero-order valence-corrected chi connectivity index (χ0v) is 12.6. The lowest BCUT2D eigenvalue weighted by Gasteiger charge is -2.13. The molecule has 0 radical (unpaired) electrons. The summed E-state index contributed by atoms with van der Waals surface area (Å²) in [6.45, 7) is 1.30. The van der Waals surface area contributed by atoms with Gasteiger partial charge < -0.3 is 10.1 Å². The van der Waals surface area contributed by atoms with Gasteiger partial charge in [-0.1, -0.05) is 11.6 Å². The van der Waals surface area contributed by atoms with Crippen LogP contribution in [-0.4, -0.2) is 23.0 Å². The fourth-order valence-corrected chi connectivity index (χ4v) is 1.78. The summed E-state index contributed by atoms with van der Waals surface area (Å²) in [7, 11) is 0. The van der Waals surface area contributed by atoms with Crippen LogP contribution < -0.4 is 5.32 Å². The van der Waals surface area contributed by atoms with Gasteiger partial charge in [-0.05, 0) is 31.2 Å². The second-order valence-electron chi connectivity index (χ2n) is 4.52. The molecular weight excluding hydrogens is 330 g/mol. The van der Waals surface area contributed by atoms with E-state index in [1.807, 2.05) is 0 Å². The predicted molar refractivity (Wildman–Crippen MR) is 79.1 cm³/mol. The second kappa shape index (κ2) is 7.15. The number of hydrogen-bond acceptors (Lipinski definition) is 4. The Morgan fingerprint density at radius 1 is 1.26 bits per heavy atom. The summed E-state index contributed by atoms with van der Waals surface area (Å²) in [6.07, 6.45) is 0.102. The Morgan fingerprint density at radius 2 is 2.00 bits per heavy atom. The van der Waals surface area contributed by atoms with Crippen molar-refractivity contribution in [3.63, 3.8) is 0 Å². The van der Waals surface area contributed by atoms with Crippen molar-refractivity contribution in [2.24, 2.45) is 0 Å². The van der Waals surface area contributed by atoms with Crippen molar-refractivity contribution in [1.82, 2.24) is 4.98 Å². The zero-order chi connectivity index (χ0) is 17.0. The topological polar surface area (TPSA) is 68.3 Å². The van der Waals surface area contributed by atoms with Crippen LogP contribution in [0.5, 0.6) is 0 Å². The quantitative estimate of drug-likeness (QED) is 0.868. The highest BCUT2D eigenvalue weighted by Gasteiger charge is 2.21. The molecule has 1 atom stereocenters. The van der Waals surface area contributed by atoms with Crippen LogP contribution in [0.25, 0.3) is 0 Å². The normalized spacial score (nSPS) is 11.7. The van der Waals surface area contributed by atoms with Gasteiger partial charge in [0.1, 0.15) is 17.3 Å². The number of benzene rings is 1. The van der Waals surface area contributed by atoms with Crippen molar-refractivity contribution in [2.75, 3.05) is 5.32 Å². The van der Waals surface area contributed by atoms with Crippen molar-refractivity contribution in [3.05, 3.63) is 58.9 Å². The van der Waals surface area contributed by atoms with Crippen LogP contribution in [-0.2, 0) is 9.53 Å². The van der Waals surface area contributed by atoms with Gasteiger partial charge >= 0.3 is 5.97 Å². The van der Waals surface area contributed by atoms with E-state index in [1.54, 1.807) is 0 Å². The third-order valence-electron chi connectivity index (χ3n) is 2.77. The molecule has 1 N–H and O–H groups in total. The van der Waals surface area contributed by atoms with Crippen LogP contribution in [0, 0.1) is 11.6 Å². The molecule has 8 heteroatoms. The van der Waals surface area contributed by atoms with Crippen LogP contribution >= 0.6 is 11.6 Å². The molecule has 1 heterocycles. The van der Waals surface area contributed by atoms with Crippen LogP contribution in [0.4, 0.5) is 14.5 Å². The molecule has 2 rings (SSSR count). The first-order valence-electron chi connectivity index (χ1n) is 6.45. The van der Waals surface area contributed by atoms with Crippen LogP contribution in [0.2, 0.25) is 5.02 Å². The zero-order valence-electron chi connectivity index (χ0n) is 11.8. The lowest BCUT2D eigenvalue weighted by Crippen LogP contribution is -2.30. The van der Waals surface area contributed by atoms with E-state index in [2.05, 4.69) is 10.3 Å². The third kappa shape index (κ3) is 4.46. The average molecular weight is 341 g/mol. The number of pyridine rings is 1. The molecule has 0 fully saturated rings. The first kappa shape index (κ1) is 16.8. The Hall–Kier alpha value is -2.54. The number of nitrogens with zero attached hydrogens (tertiary/aromatic N) is 1. The van der Waals surface area contributed by atoms with Crippen molar-refractivity contribution < 1.29 is 23.1 Å². The van der Waals surface area contributed by atoms with E-state index < -0.39 is 29.6 Å². The van der Waals surface area contributed by atoms with E-state index in [-0.39, 0.29) is 16.4 Å². The molecule has 0 saturated heterocycles. The van der Waals surface area contributed by atoms with Gasteiger partial charge in [0.05, 0.1) is 5.69 Å². The minimum atomic E-state index is -1.22. The van der Waals surface area contributed by atoms with Crippen molar-refractivity contribution in [1.29, 1.82) is 0 Å². The highest BCUT2D eigenvalue weighted by Crippen LogP contribution is 2.16. The molecule has 0 aliphatic rings. The Bertz CT molecular complexity index is 755. The van der Waals surface area contributed by atoms with Crippen LogP contribution in [0.1, 0.15) is 17.4 Å². The maximum atomic E-state index is 13.5. The molecule has 23 heavy (non-hydrogen) atoms. The summed E-state index contributed by atoms with van der Waals surface area (Å²) in [5.74, 6) is -3.33. The maximum Gasteiger partial charge on any atom is 0.357 e. The molecule has 0 unspecified atom stereocenters. The summed E-state index contributed by atoms with van der Waals surface area (Å²) in [4.78, 5) is 27.5. The minimum absolute atomic E-state index is 0.0647. The van der Waals surface area contributed by atoms with E-state index in [1.165, 1.54) is 25.3 Å². The molecule has 1 aromatic heterocycles. The Labute approximate surface area is 135 Å². The molecule has 0 saturated carbocycles. The standard InChI is InChI=1S/C15H11ClF2N2O3/c1-8(23-15(22)13-6-9(16)4-5-19-13)14(21)20-12-3-2-10(17)7-11(12)18/h2-8H,1H3,(H,20,21)/t8-/m1/s1. The van der Waals surface area contributed by atoms with Gasteiger partial charge in [0.25, 0.3) is 5.91 Å². The number of anilines is 1. The number of aromatic nitrogens is 1. The SMILES string of the molecule is C[C@@H](OC(=O)c1cc(Cl)ccn1)C(=O)Nc1ccc(F)cc1F. The number of rotatable bonds is 4. The second-order valence-corrected chi connectivity index (χ2v) is 4.96. The summed E-state index contributed by atoms with van der Waals surface area (Å²) in [6, 6.07) is 5.45. The molecule has 0 spiro atoms. The van der Waals surface area contributed by atoms with E-state index >= 15 is 0 Å². The third-order valence-corrected chi connectivity index (χ3v) is 3.01. The Kier molecular flexibility index (Phi) is 5.23. The molecule has 120 valence electrons. The van der Waals surface area contributed by atoms with Crippen molar-refractivity contribution in [3.8, 4) is 0 Å². The number of halogens is 3. The first-order valence-corrected chi connectivity index (χ1v) is 6.83. The smallest absolute Gasteiger partial charge is 0.357 e. The molecule has 0 bridgehead atoms. The van der Waals surface area contributed by atoms with E-state index in [0.29, 0.717) is 6.07 Å². The summed E-state index contributed by atoms with van der Waals surface area (Å²) in [5.41, 5.74) is -0.287. The van der Waals surface area contributed by atoms with Gasteiger partial charge in [0.2, 0.25) is 0 Å². The fraction of sp³-hybridized carbons (Fsp3) is 0.133. The van der Waals surface area contributed by atoms with E-state index in [9.17, 15) is 18.4 Å². The van der Waals surface area contributed by atoms with Crippen LogP contribution in [0.3, 0.4) is 0 Å². The number of carbonyl (C=O) groups is 2. The Morgan fingerprint density at radius 3 is 2.65 bits per heavy atom. The minimum Gasteiger partial charge on any atom is -0.448 e. The lowest BCUT2D eigenvalue weighted by molar-refractivity contribution is -0.123. The van der Waals surface area contributed by atoms with Gasteiger partial charge in [-0.2, -0.15) is 0 Å². The van der Waals surface area contributed by atoms with Crippen LogP contribution in [0.15, 0.2) is 36.5 Å². The molecule has 0 aliphatic heterocycles. The number of hydrogen-bond donors (Lipinski definition) is 1. The van der Waals surface area contributed by atoms with Gasteiger partial charge in [-0.25, -0.2) is 18.6 Å². The van der Waals surface area contributed by atoms with E-state index in [0.717, 1.165) is 12.1 Å². The highest BCUT2D eigenvalue weighted by atomic mass is 35.5. The predicted octanol–water partition coefficient (Wildman–Crippen LogP) is 3.20.